The number of benzene rings is 1. The fourth-order valence-electron chi connectivity index (χ4n) is 2.51. The highest BCUT2D eigenvalue weighted by Gasteiger charge is 2.27. The van der Waals surface area contributed by atoms with Crippen LogP contribution in [-0.2, 0) is 9.59 Å². The van der Waals surface area contributed by atoms with Crippen molar-refractivity contribution >= 4 is 17.5 Å². The van der Waals surface area contributed by atoms with E-state index in [1.54, 1.807) is 31.2 Å². The van der Waals surface area contributed by atoms with Crippen molar-refractivity contribution in [2.75, 3.05) is 39.1 Å². The summed E-state index contributed by atoms with van der Waals surface area (Å²) in [5, 5.41) is 2.77. The molecule has 1 heterocycles. The molecule has 1 aromatic rings. The summed E-state index contributed by atoms with van der Waals surface area (Å²) in [7, 11) is 4.07. The maximum Gasteiger partial charge on any atom is 0.260 e. The molecule has 0 saturated carbocycles. The van der Waals surface area contributed by atoms with Gasteiger partial charge in [-0.15, -0.1) is 0 Å². The Balaban J connectivity index is 1.79. The van der Waals surface area contributed by atoms with Crippen LogP contribution in [0.25, 0.3) is 0 Å². The van der Waals surface area contributed by atoms with Gasteiger partial charge in [0, 0.05) is 31.2 Å². The first-order valence-electron chi connectivity index (χ1n) is 7.96. The summed E-state index contributed by atoms with van der Waals surface area (Å²) < 4.78 is 5.54. The molecule has 6 nitrogen and oxygen atoms in total. The number of hydrogen-bond donors (Lipinski definition) is 1. The molecule has 0 unspecified atom stereocenters. The van der Waals surface area contributed by atoms with Crippen molar-refractivity contribution in [1.82, 2.24) is 9.80 Å². The lowest BCUT2D eigenvalue weighted by Gasteiger charge is -2.20. The van der Waals surface area contributed by atoms with Gasteiger partial charge in [-0.3, -0.25) is 9.59 Å². The van der Waals surface area contributed by atoms with Crippen LogP contribution in [-0.4, -0.2) is 61.4 Å². The Morgan fingerprint density at radius 3 is 2.57 bits per heavy atom. The summed E-state index contributed by atoms with van der Waals surface area (Å²) in [6.45, 7) is 3.39. The molecule has 1 atom stereocenters. The van der Waals surface area contributed by atoms with Gasteiger partial charge in [-0.1, -0.05) is 6.92 Å². The van der Waals surface area contributed by atoms with Crippen molar-refractivity contribution in [2.24, 2.45) is 0 Å². The number of nitrogens with one attached hydrogen (secondary N) is 1. The van der Waals surface area contributed by atoms with Crippen LogP contribution in [0.15, 0.2) is 24.3 Å². The molecule has 0 aliphatic carbocycles. The smallest absolute Gasteiger partial charge is 0.260 e. The van der Waals surface area contributed by atoms with Crippen LogP contribution in [0, 0.1) is 0 Å². The fraction of sp³-hybridized carbons (Fsp3) is 0.529. The molecule has 1 fully saturated rings. The third-order valence-corrected chi connectivity index (χ3v) is 4.07. The Morgan fingerprint density at radius 1 is 1.30 bits per heavy atom. The van der Waals surface area contributed by atoms with Gasteiger partial charge in [0.15, 0.2) is 6.61 Å². The molecule has 0 spiro atoms. The lowest BCUT2D eigenvalue weighted by molar-refractivity contribution is -0.132. The van der Waals surface area contributed by atoms with Gasteiger partial charge in [0.1, 0.15) is 5.75 Å². The van der Waals surface area contributed by atoms with Crippen LogP contribution >= 0.6 is 0 Å². The van der Waals surface area contributed by atoms with E-state index in [-0.39, 0.29) is 18.4 Å². The molecule has 0 radical (unpaired) electrons. The lowest BCUT2D eigenvalue weighted by Crippen LogP contribution is -2.36. The number of hydrogen-bond acceptors (Lipinski definition) is 4. The largest absolute Gasteiger partial charge is 0.484 e. The summed E-state index contributed by atoms with van der Waals surface area (Å²) >= 11 is 0. The van der Waals surface area contributed by atoms with E-state index in [1.165, 1.54) is 0 Å². The summed E-state index contributed by atoms with van der Waals surface area (Å²) in [6, 6.07) is 7.48. The second-order valence-corrected chi connectivity index (χ2v) is 5.96. The number of likely N-dealkylation sites (tertiary alicyclic amines) is 1. The molecule has 23 heavy (non-hydrogen) atoms. The molecule has 0 aromatic heterocycles. The molecule has 1 aliphatic rings. The average molecular weight is 319 g/mol. The maximum atomic E-state index is 12.2. The van der Waals surface area contributed by atoms with Gasteiger partial charge in [0.05, 0.1) is 0 Å². The number of ether oxygens (including phenoxy) is 1. The Morgan fingerprint density at radius 2 is 2.00 bits per heavy atom. The number of rotatable bonds is 6. The number of carbonyl (C=O) groups excluding carboxylic acids is 2. The second kappa shape index (κ2) is 7.97. The monoisotopic (exact) mass is 319 g/mol. The normalized spacial score (nSPS) is 17.4. The van der Waals surface area contributed by atoms with Gasteiger partial charge in [-0.05, 0) is 44.8 Å². The topological polar surface area (TPSA) is 61.9 Å². The number of carbonyl (C=O) groups is 2. The van der Waals surface area contributed by atoms with Crippen LogP contribution in [0.2, 0.25) is 0 Å². The average Bonchev–Trinajstić information content (AvgIpc) is 3.04. The Bertz CT molecular complexity index is 543. The van der Waals surface area contributed by atoms with Gasteiger partial charge >= 0.3 is 0 Å². The maximum absolute atomic E-state index is 12.2. The van der Waals surface area contributed by atoms with E-state index in [0.717, 1.165) is 25.2 Å². The lowest BCUT2D eigenvalue weighted by atomic mass is 10.2. The minimum absolute atomic E-state index is 0.0118. The van der Waals surface area contributed by atoms with Gasteiger partial charge in [0.2, 0.25) is 5.91 Å². The van der Waals surface area contributed by atoms with Crippen LogP contribution < -0.4 is 10.1 Å². The predicted octanol–water partition coefficient (Wildman–Crippen LogP) is 1.58. The third kappa shape index (κ3) is 4.96. The first kappa shape index (κ1) is 17.3. The van der Waals surface area contributed by atoms with Crippen molar-refractivity contribution in [3.63, 3.8) is 0 Å². The number of likely N-dealkylation sites (N-methyl/N-ethyl adjacent to an activating group) is 1. The Hall–Kier alpha value is -2.08. The Kier molecular flexibility index (Phi) is 5.98. The first-order valence-corrected chi connectivity index (χ1v) is 7.96. The van der Waals surface area contributed by atoms with Gasteiger partial charge < -0.3 is 19.9 Å². The van der Waals surface area contributed by atoms with Gasteiger partial charge in [0.25, 0.3) is 5.91 Å². The highest BCUT2D eigenvalue weighted by Crippen LogP contribution is 2.17. The highest BCUT2D eigenvalue weighted by molar-refractivity contribution is 5.90. The van der Waals surface area contributed by atoms with Crippen molar-refractivity contribution in [2.45, 2.75) is 25.8 Å². The molecule has 1 aromatic carbocycles. The predicted molar refractivity (Wildman–Crippen MR) is 89.5 cm³/mol. The number of amides is 2. The van der Waals surface area contributed by atoms with Gasteiger partial charge in [-0.25, -0.2) is 0 Å². The van der Waals surface area contributed by atoms with Crippen LogP contribution in [0.5, 0.6) is 5.75 Å². The zero-order valence-electron chi connectivity index (χ0n) is 14.0. The molecule has 6 heteroatoms. The zero-order chi connectivity index (χ0) is 16.8. The zero-order valence-corrected chi connectivity index (χ0v) is 14.0. The molecule has 1 aliphatic heterocycles. The molecular formula is C17H25N3O3. The number of anilines is 1. The van der Waals surface area contributed by atoms with E-state index in [9.17, 15) is 9.59 Å². The summed E-state index contributed by atoms with van der Waals surface area (Å²) in [4.78, 5) is 27.5. The van der Waals surface area contributed by atoms with E-state index < -0.39 is 0 Å². The van der Waals surface area contributed by atoms with E-state index >= 15 is 0 Å². The van der Waals surface area contributed by atoms with Crippen molar-refractivity contribution < 1.29 is 14.3 Å². The van der Waals surface area contributed by atoms with Crippen molar-refractivity contribution in [1.29, 1.82) is 0 Å². The molecule has 1 N–H and O–H groups in total. The Labute approximate surface area is 137 Å². The molecule has 1 saturated heterocycles. The van der Waals surface area contributed by atoms with Gasteiger partial charge in [-0.2, -0.15) is 0 Å². The van der Waals surface area contributed by atoms with Crippen LogP contribution in [0.4, 0.5) is 5.69 Å². The summed E-state index contributed by atoms with van der Waals surface area (Å²) in [5.41, 5.74) is 0.726. The second-order valence-electron chi connectivity index (χ2n) is 5.96. The molecule has 0 bridgehead atoms. The van der Waals surface area contributed by atoms with Crippen LogP contribution in [0.3, 0.4) is 0 Å². The molecule has 2 amide bonds. The molecule has 126 valence electrons. The molecular weight excluding hydrogens is 294 g/mol. The quantitative estimate of drug-likeness (QED) is 0.865. The fourth-order valence-corrected chi connectivity index (χ4v) is 2.51. The van der Waals surface area contributed by atoms with E-state index in [1.807, 2.05) is 19.0 Å². The van der Waals surface area contributed by atoms with E-state index in [4.69, 9.17) is 4.74 Å². The molecule has 2 rings (SSSR count). The van der Waals surface area contributed by atoms with Crippen molar-refractivity contribution in [3.05, 3.63) is 24.3 Å². The highest BCUT2D eigenvalue weighted by atomic mass is 16.5. The summed E-state index contributed by atoms with van der Waals surface area (Å²) in [5.74, 6) is 0.604. The third-order valence-electron chi connectivity index (χ3n) is 4.07. The van der Waals surface area contributed by atoms with Crippen LogP contribution in [0.1, 0.15) is 19.8 Å². The van der Waals surface area contributed by atoms with E-state index in [2.05, 4.69) is 10.2 Å². The van der Waals surface area contributed by atoms with E-state index in [0.29, 0.717) is 18.2 Å². The minimum Gasteiger partial charge on any atom is -0.484 e. The number of nitrogens with zero attached hydrogens (tertiary/aromatic N) is 2. The van der Waals surface area contributed by atoms with Crippen molar-refractivity contribution in [3.8, 4) is 5.75 Å². The first-order chi connectivity index (χ1) is 11.0. The summed E-state index contributed by atoms with van der Waals surface area (Å²) in [6.07, 6.45) is 1.45. The SMILES string of the molecule is CCC(=O)Nc1ccc(OCC(=O)N2CC[C@H](N(C)C)C2)cc1. The minimum atomic E-state index is -0.0293. The standard InChI is InChI=1S/C17H25N3O3/c1-4-16(21)18-13-5-7-15(8-6-13)23-12-17(22)20-10-9-14(11-20)19(2)3/h5-8,14H,4,9-12H2,1-3H3,(H,18,21)/t14-/m0/s1.